The third-order valence-electron chi connectivity index (χ3n) is 3.98. The van der Waals surface area contributed by atoms with Gasteiger partial charge in [0.05, 0.1) is 11.7 Å². The van der Waals surface area contributed by atoms with Crippen LogP contribution in [0.3, 0.4) is 0 Å². The second kappa shape index (κ2) is 7.44. The van der Waals surface area contributed by atoms with Crippen LogP contribution in [0.1, 0.15) is 60.8 Å². The van der Waals surface area contributed by atoms with Crippen molar-refractivity contribution in [3.8, 4) is 17.7 Å². The van der Waals surface area contributed by atoms with Gasteiger partial charge in [-0.3, -0.25) is 14.2 Å². The summed E-state index contributed by atoms with van der Waals surface area (Å²) in [6.07, 6.45) is 0.00984. The fourth-order valence-corrected chi connectivity index (χ4v) is 2.77. The first-order valence-corrected chi connectivity index (χ1v) is 8.38. The summed E-state index contributed by atoms with van der Waals surface area (Å²) in [5, 5.41) is 19.9. The average molecular weight is 354 g/mol. The number of aromatic hydroxyl groups is 1. The van der Waals surface area contributed by atoms with Crippen molar-refractivity contribution in [2.75, 3.05) is 0 Å². The number of carbonyl (C=O) groups is 1. The summed E-state index contributed by atoms with van der Waals surface area (Å²) in [5.41, 5.74) is -0.265. The van der Waals surface area contributed by atoms with E-state index in [2.05, 4.69) is 0 Å². The van der Waals surface area contributed by atoms with E-state index in [0.717, 1.165) is 4.57 Å². The maximum atomic E-state index is 13.0. The lowest BCUT2D eigenvalue weighted by molar-refractivity contribution is 0.103. The number of rotatable bonds is 5. The minimum Gasteiger partial charge on any atom is -0.494 e. The number of ether oxygens (including phenoxy) is 1. The minimum absolute atomic E-state index is 0.00984. The van der Waals surface area contributed by atoms with Crippen LogP contribution >= 0.6 is 0 Å². The molecule has 0 fully saturated rings. The van der Waals surface area contributed by atoms with Gasteiger partial charge in [-0.2, -0.15) is 5.26 Å². The van der Waals surface area contributed by atoms with Crippen molar-refractivity contribution in [1.82, 2.24) is 4.57 Å². The molecule has 1 heterocycles. The van der Waals surface area contributed by atoms with Crippen LogP contribution in [0.25, 0.3) is 0 Å². The van der Waals surface area contributed by atoms with Crippen LogP contribution in [0, 0.1) is 18.3 Å². The highest BCUT2D eigenvalue weighted by Gasteiger charge is 2.25. The number of benzene rings is 1. The molecule has 0 amide bonds. The molecule has 136 valence electrons. The highest BCUT2D eigenvalue weighted by Crippen LogP contribution is 2.27. The molecule has 1 aromatic carbocycles. The Bertz CT molecular complexity index is 932. The summed E-state index contributed by atoms with van der Waals surface area (Å²) < 4.78 is 6.62. The van der Waals surface area contributed by atoms with E-state index in [1.54, 1.807) is 38.1 Å². The fraction of sp³-hybridized carbons (Fsp3) is 0.350. The van der Waals surface area contributed by atoms with Gasteiger partial charge in [-0.05, 0) is 64.4 Å². The number of hydrogen-bond donors (Lipinski definition) is 1. The van der Waals surface area contributed by atoms with Crippen LogP contribution in [0.15, 0.2) is 29.1 Å². The van der Waals surface area contributed by atoms with Crippen molar-refractivity contribution in [1.29, 1.82) is 5.26 Å². The van der Waals surface area contributed by atoms with E-state index in [9.17, 15) is 20.0 Å². The summed E-state index contributed by atoms with van der Waals surface area (Å²) in [5.74, 6) is -0.252. The third kappa shape index (κ3) is 3.47. The molecule has 26 heavy (non-hydrogen) atoms. The second-order valence-corrected chi connectivity index (χ2v) is 6.60. The largest absolute Gasteiger partial charge is 0.494 e. The molecule has 6 heteroatoms. The van der Waals surface area contributed by atoms with Crippen LogP contribution in [0.5, 0.6) is 11.6 Å². The lowest BCUT2D eigenvalue weighted by Crippen LogP contribution is -2.28. The minimum atomic E-state index is -0.602. The number of nitrogens with zero attached hydrogens (tertiary/aromatic N) is 2. The molecule has 0 bridgehead atoms. The van der Waals surface area contributed by atoms with E-state index in [0.29, 0.717) is 11.3 Å². The zero-order chi connectivity index (χ0) is 19.6. The lowest BCUT2D eigenvalue weighted by Gasteiger charge is -2.18. The Balaban J connectivity index is 2.61. The van der Waals surface area contributed by atoms with Gasteiger partial charge in [0.25, 0.3) is 5.56 Å². The van der Waals surface area contributed by atoms with Crippen molar-refractivity contribution in [2.24, 2.45) is 0 Å². The molecule has 0 saturated carbocycles. The maximum Gasteiger partial charge on any atom is 0.271 e. The summed E-state index contributed by atoms with van der Waals surface area (Å²) in [4.78, 5) is 25.3. The molecule has 0 aliphatic rings. The predicted molar refractivity (Wildman–Crippen MR) is 97.8 cm³/mol. The fourth-order valence-electron chi connectivity index (χ4n) is 2.77. The standard InChI is InChI=1S/C20H22N2O4/c1-11(2)22-19(24)16(10-21)13(5)17(20(22)25)18(23)14-6-8-15(9-7-14)26-12(3)4/h6-9,11-12,25H,1-5H3. The van der Waals surface area contributed by atoms with Crippen molar-refractivity contribution >= 4 is 5.78 Å². The first-order valence-electron chi connectivity index (χ1n) is 8.38. The molecule has 0 saturated heterocycles. The Morgan fingerprint density at radius 3 is 2.23 bits per heavy atom. The van der Waals surface area contributed by atoms with Gasteiger partial charge < -0.3 is 9.84 Å². The quantitative estimate of drug-likeness (QED) is 0.832. The van der Waals surface area contributed by atoms with Gasteiger partial charge >= 0.3 is 0 Å². The Morgan fingerprint density at radius 2 is 1.77 bits per heavy atom. The first-order chi connectivity index (χ1) is 12.2. The predicted octanol–water partition coefficient (Wildman–Crippen LogP) is 3.33. The third-order valence-corrected chi connectivity index (χ3v) is 3.98. The Hall–Kier alpha value is -3.07. The number of pyridine rings is 1. The van der Waals surface area contributed by atoms with Crippen molar-refractivity contribution in [3.05, 3.63) is 56.9 Å². The molecule has 0 aliphatic heterocycles. The topological polar surface area (TPSA) is 92.3 Å². The Kier molecular flexibility index (Phi) is 5.51. The molecule has 6 nitrogen and oxygen atoms in total. The van der Waals surface area contributed by atoms with E-state index in [-0.39, 0.29) is 22.8 Å². The summed E-state index contributed by atoms with van der Waals surface area (Å²) in [7, 11) is 0. The zero-order valence-electron chi connectivity index (χ0n) is 15.5. The molecule has 0 unspecified atom stereocenters. The SMILES string of the molecule is Cc1c(C(=O)c2ccc(OC(C)C)cc2)c(O)n(C(C)C)c(=O)c1C#N. The summed E-state index contributed by atoms with van der Waals surface area (Å²) >= 11 is 0. The smallest absolute Gasteiger partial charge is 0.271 e. The van der Waals surface area contributed by atoms with Gasteiger partial charge in [-0.25, -0.2) is 0 Å². The van der Waals surface area contributed by atoms with Crippen molar-refractivity contribution in [3.63, 3.8) is 0 Å². The highest BCUT2D eigenvalue weighted by atomic mass is 16.5. The average Bonchev–Trinajstić information content (AvgIpc) is 2.54. The molecular formula is C20H22N2O4. The van der Waals surface area contributed by atoms with Crippen LogP contribution in [-0.2, 0) is 0 Å². The molecule has 0 spiro atoms. The number of nitriles is 1. The van der Waals surface area contributed by atoms with Crippen molar-refractivity contribution in [2.45, 2.75) is 46.8 Å². The van der Waals surface area contributed by atoms with E-state index in [4.69, 9.17) is 4.74 Å². The Morgan fingerprint density at radius 1 is 1.19 bits per heavy atom. The number of ketones is 1. The highest BCUT2D eigenvalue weighted by molar-refractivity contribution is 6.11. The van der Waals surface area contributed by atoms with E-state index in [1.807, 2.05) is 19.9 Å². The summed E-state index contributed by atoms with van der Waals surface area (Å²) in [6.45, 7) is 8.69. The van der Waals surface area contributed by atoms with Crippen LogP contribution in [0.2, 0.25) is 0 Å². The van der Waals surface area contributed by atoms with Gasteiger partial charge in [0, 0.05) is 11.6 Å². The van der Waals surface area contributed by atoms with Gasteiger partial charge in [-0.1, -0.05) is 0 Å². The molecule has 0 aliphatic carbocycles. The van der Waals surface area contributed by atoms with Gasteiger partial charge in [0.15, 0.2) is 5.78 Å². The zero-order valence-corrected chi connectivity index (χ0v) is 15.5. The van der Waals surface area contributed by atoms with Crippen LogP contribution < -0.4 is 10.3 Å². The van der Waals surface area contributed by atoms with Gasteiger partial charge in [-0.15, -0.1) is 0 Å². The number of carbonyl (C=O) groups excluding carboxylic acids is 1. The number of aromatic nitrogens is 1. The van der Waals surface area contributed by atoms with E-state index in [1.165, 1.54) is 6.92 Å². The van der Waals surface area contributed by atoms with E-state index < -0.39 is 23.3 Å². The molecule has 1 N–H and O–H groups in total. The van der Waals surface area contributed by atoms with Crippen molar-refractivity contribution < 1.29 is 14.6 Å². The second-order valence-electron chi connectivity index (χ2n) is 6.60. The first kappa shape index (κ1) is 19.3. The molecule has 0 atom stereocenters. The van der Waals surface area contributed by atoms with Crippen LogP contribution in [0.4, 0.5) is 0 Å². The van der Waals surface area contributed by atoms with Gasteiger partial charge in [0.2, 0.25) is 5.88 Å². The molecular weight excluding hydrogens is 332 g/mol. The summed E-state index contributed by atoms with van der Waals surface area (Å²) in [6, 6.07) is 7.97. The Labute approximate surface area is 152 Å². The molecule has 1 aromatic heterocycles. The normalized spacial score (nSPS) is 10.8. The molecule has 2 rings (SSSR count). The van der Waals surface area contributed by atoms with Gasteiger partial charge in [0.1, 0.15) is 17.4 Å². The number of hydrogen-bond acceptors (Lipinski definition) is 5. The lowest BCUT2D eigenvalue weighted by atomic mass is 9.97. The monoisotopic (exact) mass is 354 g/mol. The van der Waals surface area contributed by atoms with Crippen LogP contribution in [-0.4, -0.2) is 21.6 Å². The maximum absolute atomic E-state index is 13.0. The molecule has 0 radical (unpaired) electrons. The van der Waals surface area contributed by atoms with E-state index >= 15 is 0 Å². The molecule has 2 aromatic rings.